The van der Waals surface area contributed by atoms with Gasteiger partial charge in [-0.25, -0.2) is 19.2 Å². The quantitative estimate of drug-likeness (QED) is 0.147. The highest BCUT2D eigenvalue weighted by atomic mass is 16.6. The van der Waals surface area contributed by atoms with Crippen molar-refractivity contribution in [2.45, 2.75) is 90.4 Å². The molecule has 0 saturated carbocycles. The summed E-state index contributed by atoms with van der Waals surface area (Å²) >= 11 is 0. The molecule has 2 fully saturated rings. The molecule has 314 valence electrons. The van der Waals surface area contributed by atoms with Crippen LogP contribution in [0.4, 0.5) is 9.59 Å². The number of amides is 4. The maximum atomic E-state index is 13.4. The van der Waals surface area contributed by atoms with Crippen LogP contribution in [0.5, 0.6) is 0 Å². The van der Waals surface area contributed by atoms with E-state index in [-0.39, 0.29) is 24.9 Å². The van der Waals surface area contributed by atoms with Crippen LogP contribution in [0.15, 0.2) is 48.5 Å². The molecule has 2 aromatic carbocycles. The Morgan fingerprint density at radius 3 is 1.21 bits per heavy atom. The van der Waals surface area contributed by atoms with Crippen LogP contribution in [0.25, 0.3) is 11.1 Å². The molecule has 2 aliphatic heterocycles. The zero-order valence-electron chi connectivity index (χ0n) is 34.4. The second-order valence-electron chi connectivity index (χ2n) is 15.6. The smallest absolute Gasteiger partial charge is 0.407 e. The van der Waals surface area contributed by atoms with Crippen molar-refractivity contribution in [2.24, 2.45) is 11.8 Å². The van der Waals surface area contributed by atoms with Gasteiger partial charge >= 0.3 is 24.1 Å². The lowest BCUT2D eigenvalue weighted by Crippen LogP contribution is -2.58. The number of nitrogens with zero attached hydrogens (tertiary/aromatic N) is 2. The minimum Gasteiger partial charge on any atom is -0.456 e. The van der Waals surface area contributed by atoms with Crippen LogP contribution in [-0.4, -0.2) is 121 Å². The van der Waals surface area contributed by atoms with Crippen LogP contribution in [0, 0.1) is 11.8 Å². The molecular formula is C42H54N4O12. The average Bonchev–Trinajstić information content (AvgIpc) is 3.82. The molecule has 2 heterocycles. The first-order chi connectivity index (χ1) is 27.4. The number of carbonyl (C=O) groups is 8. The minimum absolute atomic E-state index is 0.281. The van der Waals surface area contributed by atoms with Crippen LogP contribution < -0.4 is 10.6 Å². The Bertz CT molecular complexity index is 1740. The highest BCUT2D eigenvalue weighted by Crippen LogP contribution is 2.33. The molecule has 2 aromatic rings. The van der Waals surface area contributed by atoms with E-state index < -0.39 is 83.9 Å². The number of likely N-dealkylation sites (tertiary alicyclic amines) is 2. The van der Waals surface area contributed by atoms with Gasteiger partial charge in [-0.15, -0.1) is 0 Å². The number of hydrogen-bond acceptors (Lipinski definition) is 12. The number of hydrogen-bond donors (Lipinski definition) is 2. The Labute approximate surface area is 338 Å². The molecular weight excluding hydrogens is 752 g/mol. The van der Waals surface area contributed by atoms with E-state index in [9.17, 15) is 38.4 Å². The van der Waals surface area contributed by atoms with E-state index in [0.717, 1.165) is 11.1 Å². The van der Waals surface area contributed by atoms with Gasteiger partial charge in [-0.05, 0) is 62.5 Å². The summed E-state index contributed by atoms with van der Waals surface area (Å²) in [6, 6.07) is 11.4. The maximum Gasteiger partial charge on any atom is 0.407 e. The number of benzene rings is 2. The van der Waals surface area contributed by atoms with Gasteiger partial charge in [0, 0.05) is 24.2 Å². The van der Waals surface area contributed by atoms with Gasteiger partial charge in [0.05, 0.1) is 14.2 Å². The van der Waals surface area contributed by atoms with Crippen molar-refractivity contribution < 1.29 is 57.3 Å². The summed E-state index contributed by atoms with van der Waals surface area (Å²) in [6.07, 6.45) is 0.219. The fourth-order valence-electron chi connectivity index (χ4n) is 7.23. The van der Waals surface area contributed by atoms with E-state index in [1.54, 1.807) is 90.1 Å². The van der Waals surface area contributed by atoms with Crippen molar-refractivity contribution in [2.75, 3.05) is 40.5 Å². The topological polar surface area (TPSA) is 204 Å². The van der Waals surface area contributed by atoms with Crippen LogP contribution >= 0.6 is 0 Å². The Kier molecular flexibility index (Phi) is 14.8. The van der Waals surface area contributed by atoms with Gasteiger partial charge in [0.2, 0.25) is 11.8 Å². The van der Waals surface area contributed by atoms with Crippen molar-refractivity contribution >= 4 is 47.5 Å². The normalized spacial score (nSPS) is 19.9. The first-order valence-corrected chi connectivity index (χ1v) is 19.3. The van der Waals surface area contributed by atoms with E-state index >= 15 is 0 Å². The molecule has 16 heteroatoms. The van der Waals surface area contributed by atoms with Crippen LogP contribution in [0.3, 0.4) is 0 Å². The van der Waals surface area contributed by atoms with Crippen molar-refractivity contribution in [3.63, 3.8) is 0 Å². The first-order valence-electron chi connectivity index (χ1n) is 19.3. The maximum absolute atomic E-state index is 13.4. The zero-order valence-corrected chi connectivity index (χ0v) is 34.4. The number of esters is 2. The molecule has 0 aromatic heterocycles. The molecule has 0 bridgehead atoms. The summed E-state index contributed by atoms with van der Waals surface area (Å²) in [7, 11) is 2.39. The van der Waals surface area contributed by atoms with Crippen molar-refractivity contribution in [1.82, 2.24) is 20.4 Å². The van der Waals surface area contributed by atoms with Gasteiger partial charge < -0.3 is 39.4 Å². The third-order valence-electron chi connectivity index (χ3n) is 10.9. The average molecular weight is 807 g/mol. The van der Waals surface area contributed by atoms with Crippen LogP contribution in [0.2, 0.25) is 0 Å². The predicted molar refractivity (Wildman–Crippen MR) is 209 cm³/mol. The number of ether oxygens (including phenoxy) is 4. The lowest BCUT2D eigenvalue weighted by Gasteiger charge is -2.36. The number of alkyl carbamates (subject to hydrolysis) is 2. The molecule has 2 aliphatic rings. The zero-order chi connectivity index (χ0) is 42.9. The van der Waals surface area contributed by atoms with Gasteiger partial charge in [-0.1, -0.05) is 76.2 Å². The Morgan fingerprint density at radius 2 is 0.914 bits per heavy atom. The molecule has 0 aliphatic carbocycles. The molecule has 2 N–H and O–H groups in total. The number of carbonyl (C=O) groups excluding carboxylic acids is 8. The molecule has 2 saturated heterocycles. The van der Waals surface area contributed by atoms with E-state index in [1.807, 2.05) is 0 Å². The van der Waals surface area contributed by atoms with Crippen molar-refractivity contribution in [3.05, 3.63) is 59.7 Å². The fraction of sp³-hybridized carbons (Fsp3) is 0.524. The number of ketones is 2. The predicted octanol–water partition coefficient (Wildman–Crippen LogP) is 4.33. The molecule has 4 rings (SSSR count). The summed E-state index contributed by atoms with van der Waals surface area (Å²) in [5, 5.41) is 5.07. The lowest BCUT2D eigenvalue weighted by molar-refractivity contribution is -0.160. The largest absolute Gasteiger partial charge is 0.456 e. The molecule has 0 radical (unpaired) electrons. The summed E-state index contributed by atoms with van der Waals surface area (Å²) in [4.78, 5) is 106. The minimum atomic E-state index is -1.32. The molecule has 4 atom stereocenters. The summed E-state index contributed by atoms with van der Waals surface area (Å²) in [5.41, 5.74) is -0.556. The highest BCUT2D eigenvalue weighted by Gasteiger charge is 2.50. The Hall–Kier alpha value is -5.80. The lowest BCUT2D eigenvalue weighted by atomic mass is 9.96. The third kappa shape index (κ3) is 10.0. The first kappa shape index (κ1) is 44.9. The van der Waals surface area contributed by atoms with E-state index in [0.29, 0.717) is 36.8 Å². The van der Waals surface area contributed by atoms with E-state index in [2.05, 4.69) is 20.1 Å². The standard InChI is InChI=1S/C42H54N4O12/c1-25(2)33(43-39(53)55-7)35(49)45-21-9-19-41(45,5)37(51)57-23-31(47)29-15-11-27(12-16-29)28-13-17-30(18-14-28)32(48)24-58-38(52)42(6)20-10-22-46(42)36(50)34(26(3)4)44-40(54)56-8/h11-18,25-26,33-34H,9-10,19-24H2,1-8H3,(H,43,53)(H,44,54). The molecule has 0 spiro atoms. The Morgan fingerprint density at radius 1 is 0.586 bits per heavy atom. The third-order valence-corrected chi connectivity index (χ3v) is 10.9. The molecule has 4 unspecified atom stereocenters. The fourth-order valence-corrected chi connectivity index (χ4v) is 7.23. The van der Waals surface area contributed by atoms with E-state index in [1.165, 1.54) is 24.0 Å². The molecule has 4 amide bonds. The Balaban J connectivity index is 1.32. The summed E-state index contributed by atoms with van der Waals surface area (Å²) < 4.78 is 20.2. The highest BCUT2D eigenvalue weighted by molar-refractivity contribution is 6.01. The number of nitrogens with one attached hydrogen (secondary N) is 2. The van der Waals surface area contributed by atoms with Crippen LogP contribution in [-0.2, 0) is 38.1 Å². The number of Topliss-reactive ketones (excluding diaryl/α,β-unsaturated/α-hetero) is 2. The van der Waals surface area contributed by atoms with Gasteiger partial charge in [0.25, 0.3) is 0 Å². The van der Waals surface area contributed by atoms with Crippen molar-refractivity contribution in [1.29, 1.82) is 0 Å². The van der Waals surface area contributed by atoms with Crippen LogP contribution in [0.1, 0.15) is 87.9 Å². The molecule has 58 heavy (non-hydrogen) atoms. The van der Waals surface area contributed by atoms with Gasteiger partial charge in [0.15, 0.2) is 24.8 Å². The van der Waals surface area contributed by atoms with Gasteiger partial charge in [-0.2, -0.15) is 0 Å². The number of methoxy groups -OCH3 is 2. The van der Waals surface area contributed by atoms with Crippen molar-refractivity contribution in [3.8, 4) is 11.1 Å². The number of rotatable bonds is 15. The summed E-state index contributed by atoms with van der Waals surface area (Å²) in [6.45, 7) is 9.74. The van der Waals surface area contributed by atoms with Gasteiger partial charge in [0.1, 0.15) is 23.2 Å². The SMILES string of the molecule is COC(=O)NC(C(=O)N1CCCC1(C)C(=O)OCC(=O)c1ccc(-c2ccc(C(=O)COC(=O)C3(C)CCCN3C(=O)C(NC(=O)OC)C(C)C)cc2)cc1)C(C)C. The molecule has 16 nitrogen and oxygen atoms in total. The second-order valence-corrected chi connectivity index (χ2v) is 15.6. The summed E-state index contributed by atoms with van der Waals surface area (Å²) in [5.74, 6) is -3.78. The van der Waals surface area contributed by atoms with E-state index in [4.69, 9.17) is 9.47 Å². The second kappa shape index (κ2) is 19.1. The monoisotopic (exact) mass is 806 g/mol. The van der Waals surface area contributed by atoms with Gasteiger partial charge in [-0.3, -0.25) is 19.2 Å².